The van der Waals surface area contributed by atoms with Crippen molar-refractivity contribution in [1.82, 2.24) is 0 Å². The summed E-state index contributed by atoms with van der Waals surface area (Å²) in [5, 5.41) is 0. The Morgan fingerprint density at radius 1 is 0.812 bits per heavy atom. The van der Waals surface area contributed by atoms with Gasteiger partial charge in [0.2, 0.25) is 0 Å². The molecule has 2 heterocycles. The van der Waals surface area contributed by atoms with E-state index in [1.165, 1.54) is 0 Å². The fourth-order valence-electron chi connectivity index (χ4n) is 2.73. The Morgan fingerprint density at radius 3 is 1.62 bits per heavy atom. The molecule has 0 aromatic carbocycles. The fraction of sp³-hybridized carbons (Fsp3) is 0.714. The van der Waals surface area contributed by atoms with Gasteiger partial charge in [0.25, 0.3) is 0 Å². The quantitative estimate of drug-likeness (QED) is 0.665. The molecule has 0 saturated carbocycles. The molecule has 2 fully saturated rings. The zero-order chi connectivity index (χ0) is 11.4. The van der Waals surface area contributed by atoms with Gasteiger partial charge in [0.05, 0.1) is 24.4 Å². The number of ether oxygens (including phenoxy) is 2. The Morgan fingerprint density at radius 2 is 1.25 bits per heavy atom. The second-order valence-electron chi connectivity index (χ2n) is 4.80. The molecule has 0 aromatic rings. The summed E-state index contributed by atoms with van der Waals surface area (Å²) in [4.78, 5) is 0. The maximum absolute atomic E-state index is 5.99. The fourth-order valence-corrected chi connectivity index (χ4v) is 2.73. The van der Waals surface area contributed by atoms with Gasteiger partial charge < -0.3 is 9.47 Å². The Labute approximate surface area is 98.3 Å². The normalized spacial score (nSPS) is 38.8. The summed E-state index contributed by atoms with van der Waals surface area (Å²) in [7, 11) is 0. The Kier molecular flexibility index (Phi) is 4.19. The summed E-state index contributed by atoms with van der Waals surface area (Å²) in [6, 6.07) is 0. The van der Waals surface area contributed by atoms with E-state index >= 15 is 0 Å². The first-order valence-electron chi connectivity index (χ1n) is 6.36. The van der Waals surface area contributed by atoms with Gasteiger partial charge >= 0.3 is 0 Å². The predicted octanol–water partition coefficient (Wildman–Crippen LogP) is 3.23. The van der Waals surface area contributed by atoms with Crippen LogP contribution in [0.5, 0.6) is 0 Å². The van der Waals surface area contributed by atoms with E-state index in [9.17, 15) is 0 Å². The van der Waals surface area contributed by atoms with Crippen LogP contribution in [0.25, 0.3) is 0 Å². The van der Waals surface area contributed by atoms with Crippen molar-refractivity contribution >= 4 is 0 Å². The van der Waals surface area contributed by atoms with Crippen LogP contribution < -0.4 is 0 Å². The highest BCUT2D eigenvalue weighted by Crippen LogP contribution is 2.33. The molecule has 2 rings (SSSR count). The van der Waals surface area contributed by atoms with E-state index in [4.69, 9.17) is 9.47 Å². The molecule has 2 heteroatoms. The average Bonchev–Trinajstić information content (AvgIpc) is 2.87. The molecule has 2 aliphatic heterocycles. The Bertz CT molecular complexity index is 223. The van der Waals surface area contributed by atoms with E-state index in [0.29, 0.717) is 24.4 Å². The van der Waals surface area contributed by atoms with Crippen molar-refractivity contribution in [2.45, 2.75) is 62.9 Å². The molecule has 0 aliphatic carbocycles. The van der Waals surface area contributed by atoms with Crippen LogP contribution in [-0.2, 0) is 9.47 Å². The summed E-state index contributed by atoms with van der Waals surface area (Å²) in [5.41, 5.74) is 0. The standard InChI is InChI=1S/C14H22O2/c1-3-5-11-7-9-13(15-11)14-10-8-12(16-14)6-4-2/h3-4,11-14H,1-2,5-10H2/t11-,12+,13-,14+. The number of rotatable bonds is 5. The molecule has 0 spiro atoms. The van der Waals surface area contributed by atoms with Crippen molar-refractivity contribution in [3.63, 3.8) is 0 Å². The van der Waals surface area contributed by atoms with Gasteiger partial charge in [-0.1, -0.05) is 12.2 Å². The largest absolute Gasteiger partial charge is 0.372 e. The van der Waals surface area contributed by atoms with E-state index in [0.717, 1.165) is 38.5 Å². The maximum atomic E-state index is 5.99. The first kappa shape index (κ1) is 11.9. The van der Waals surface area contributed by atoms with Gasteiger partial charge in [-0.3, -0.25) is 0 Å². The van der Waals surface area contributed by atoms with Crippen molar-refractivity contribution in [3.8, 4) is 0 Å². The van der Waals surface area contributed by atoms with E-state index in [2.05, 4.69) is 13.2 Å². The van der Waals surface area contributed by atoms with Gasteiger partial charge in [-0.25, -0.2) is 0 Å². The van der Waals surface area contributed by atoms with Crippen LogP contribution in [0.3, 0.4) is 0 Å². The second kappa shape index (κ2) is 5.65. The molecule has 2 nitrogen and oxygen atoms in total. The molecule has 90 valence electrons. The Balaban J connectivity index is 1.77. The zero-order valence-corrected chi connectivity index (χ0v) is 9.94. The average molecular weight is 222 g/mol. The van der Waals surface area contributed by atoms with Gasteiger partial charge in [0.15, 0.2) is 0 Å². The lowest BCUT2D eigenvalue weighted by molar-refractivity contribution is -0.0633. The lowest BCUT2D eigenvalue weighted by Gasteiger charge is -2.20. The molecular formula is C14H22O2. The number of hydrogen-bond donors (Lipinski definition) is 0. The molecule has 0 radical (unpaired) electrons. The van der Waals surface area contributed by atoms with E-state index < -0.39 is 0 Å². The van der Waals surface area contributed by atoms with Gasteiger partial charge in [0.1, 0.15) is 0 Å². The number of hydrogen-bond acceptors (Lipinski definition) is 2. The lowest BCUT2D eigenvalue weighted by Crippen LogP contribution is -2.26. The smallest absolute Gasteiger partial charge is 0.0841 e. The predicted molar refractivity (Wildman–Crippen MR) is 65.4 cm³/mol. The maximum Gasteiger partial charge on any atom is 0.0841 e. The molecule has 4 atom stereocenters. The summed E-state index contributed by atoms with van der Waals surface area (Å²) in [6.45, 7) is 7.52. The minimum atomic E-state index is 0.319. The van der Waals surface area contributed by atoms with Gasteiger partial charge in [-0.05, 0) is 38.5 Å². The van der Waals surface area contributed by atoms with Gasteiger partial charge in [0, 0.05) is 0 Å². The second-order valence-corrected chi connectivity index (χ2v) is 4.80. The third-order valence-corrected chi connectivity index (χ3v) is 3.55. The Hall–Kier alpha value is -0.600. The van der Waals surface area contributed by atoms with Crippen LogP contribution >= 0.6 is 0 Å². The minimum Gasteiger partial charge on any atom is -0.372 e. The summed E-state index contributed by atoms with van der Waals surface area (Å²) >= 11 is 0. The highest BCUT2D eigenvalue weighted by molar-refractivity contribution is 4.88. The van der Waals surface area contributed by atoms with Gasteiger partial charge in [-0.15, -0.1) is 13.2 Å². The molecule has 2 saturated heterocycles. The zero-order valence-electron chi connectivity index (χ0n) is 9.94. The van der Waals surface area contributed by atoms with E-state index in [1.807, 2.05) is 12.2 Å². The monoisotopic (exact) mass is 222 g/mol. The highest BCUT2D eigenvalue weighted by Gasteiger charge is 2.36. The molecule has 2 aliphatic rings. The van der Waals surface area contributed by atoms with Gasteiger partial charge in [-0.2, -0.15) is 0 Å². The van der Waals surface area contributed by atoms with E-state index in [-0.39, 0.29) is 0 Å². The first-order valence-corrected chi connectivity index (χ1v) is 6.36. The van der Waals surface area contributed by atoms with Crippen molar-refractivity contribution < 1.29 is 9.47 Å². The summed E-state index contributed by atoms with van der Waals surface area (Å²) in [5.74, 6) is 0. The van der Waals surface area contributed by atoms with Crippen molar-refractivity contribution in [1.29, 1.82) is 0 Å². The molecule has 0 bridgehead atoms. The van der Waals surface area contributed by atoms with Crippen LogP contribution in [0.4, 0.5) is 0 Å². The minimum absolute atomic E-state index is 0.319. The molecule has 0 unspecified atom stereocenters. The highest BCUT2D eigenvalue weighted by atomic mass is 16.6. The van der Waals surface area contributed by atoms with Crippen molar-refractivity contribution in [2.24, 2.45) is 0 Å². The molecule has 16 heavy (non-hydrogen) atoms. The SMILES string of the molecule is C=CC[C@H]1CC[C@@H]([C@H]2CC[C@@H](CC=C)O2)O1. The molecule has 0 N–H and O–H groups in total. The van der Waals surface area contributed by atoms with E-state index in [1.54, 1.807) is 0 Å². The molecule has 0 aromatic heterocycles. The first-order chi connectivity index (χ1) is 7.83. The van der Waals surface area contributed by atoms with Crippen molar-refractivity contribution in [3.05, 3.63) is 25.3 Å². The van der Waals surface area contributed by atoms with Crippen LogP contribution in [0.15, 0.2) is 25.3 Å². The van der Waals surface area contributed by atoms with Crippen molar-refractivity contribution in [2.75, 3.05) is 0 Å². The molecular weight excluding hydrogens is 200 g/mol. The lowest BCUT2D eigenvalue weighted by atomic mass is 10.1. The topological polar surface area (TPSA) is 18.5 Å². The van der Waals surface area contributed by atoms with Crippen LogP contribution in [0.1, 0.15) is 38.5 Å². The molecule has 0 amide bonds. The summed E-state index contributed by atoms with van der Waals surface area (Å²) in [6.07, 6.45) is 11.8. The summed E-state index contributed by atoms with van der Waals surface area (Å²) < 4.78 is 12.0. The third-order valence-electron chi connectivity index (χ3n) is 3.55. The van der Waals surface area contributed by atoms with Crippen LogP contribution in [0, 0.1) is 0 Å². The third kappa shape index (κ3) is 2.74. The van der Waals surface area contributed by atoms with Crippen LogP contribution in [0.2, 0.25) is 0 Å². The van der Waals surface area contributed by atoms with Crippen LogP contribution in [-0.4, -0.2) is 24.4 Å².